The van der Waals surface area contributed by atoms with E-state index in [1.807, 2.05) is 12.3 Å². The van der Waals surface area contributed by atoms with Gasteiger partial charge in [-0.2, -0.15) is 0 Å². The van der Waals surface area contributed by atoms with Crippen molar-refractivity contribution in [2.24, 2.45) is 10.9 Å². The molecule has 0 fully saturated rings. The molecule has 0 bridgehead atoms. The zero-order valence-corrected chi connectivity index (χ0v) is 6.79. The van der Waals surface area contributed by atoms with E-state index in [1.165, 1.54) is 0 Å². The topological polar surface area (TPSA) is 21.6 Å². The third kappa shape index (κ3) is 2.58. The highest BCUT2D eigenvalue weighted by molar-refractivity contribution is 5.60. The molecule has 0 saturated carbocycles. The molecule has 0 aromatic heterocycles. The highest BCUT2D eigenvalue weighted by atomic mass is 16.5. The predicted octanol–water partition coefficient (Wildman–Crippen LogP) is 2.14. The molecule has 0 aliphatic carbocycles. The molecular weight excluding hydrogens is 138 g/mol. The Kier molecular flexibility index (Phi) is 2.90. The predicted molar refractivity (Wildman–Crippen MR) is 46.5 cm³/mol. The molecule has 0 spiro atoms. The molecule has 11 heavy (non-hydrogen) atoms. The molecule has 1 aliphatic heterocycles. The molecule has 0 radical (unpaired) electrons. The van der Waals surface area contributed by atoms with Crippen molar-refractivity contribution < 1.29 is 4.74 Å². The van der Waals surface area contributed by atoms with Gasteiger partial charge in [0.15, 0.2) is 0 Å². The van der Waals surface area contributed by atoms with Crippen LogP contribution in [0.3, 0.4) is 0 Å². The second-order valence-corrected chi connectivity index (χ2v) is 2.63. The quantitative estimate of drug-likeness (QED) is 0.566. The summed E-state index contributed by atoms with van der Waals surface area (Å²) in [5.41, 5.74) is 0. The SMILES string of the molecule is C=CCOC1=CC(C)CC=N1. The number of nitrogens with zero attached hydrogens (tertiary/aromatic N) is 1. The van der Waals surface area contributed by atoms with Gasteiger partial charge in [-0.25, -0.2) is 4.99 Å². The second-order valence-electron chi connectivity index (χ2n) is 2.63. The van der Waals surface area contributed by atoms with Crippen molar-refractivity contribution in [3.05, 3.63) is 24.6 Å². The molecule has 0 aromatic rings. The second kappa shape index (κ2) is 3.96. The fourth-order valence-corrected chi connectivity index (χ4v) is 0.893. The van der Waals surface area contributed by atoms with Gasteiger partial charge in [-0.1, -0.05) is 19.6 Å². The van der Waals surface area contributed by atoms with Crippen molar-refractivity contribution in [3.63, 3.8) is 0 Å². The Morgan fingerprint density at radius 1 is 1.91 bits per heavy atom. The lowest BCUT2D eigenvalue weighted by Crippen LogP contribution is -2.01. The molecule has 0 N–H and O–H groups in total. The number of ether oxygens (including phenoxy) is 1. The van der Waals surface area contributed by atoms with Gasteiger partial charge in [-0.05, 0) is 18.4 Å². The van der Waals surface area contributed by atoms with Crippen molar-refractivity contribution >= 4 is 6.21 Å². The first kappa shape index (κ1) is 8.05. The van der Waals surface area contributed by atoms with Gasteiger partial charge in [-0.3, -0.25) is 0 Å². The Balaban J connectivity index is 2.43. The minimum atomic E-state index is 0.538. The molecule has 60 valence electrons. The zero-order valence-electron chi connectivity index (χ0n) is 6.79. The van der Waals surface area contributed by atoms with Crippen LogP contribution < -0.4 is 0 Å². The summed E-state index contributed by atoms with van der Waals surface area (Å²) < 4.78 is 5.25. The molecular formula is C9H13NO. The van der Waals surface area contributed by atoms with Crippen molar-refractivity contribution in [2.45, 2.75) is 13.3 Å². The minimum absolute atomic E-state index is 0.538. The first-order chi connectivity index (χ1) is 5.33. The van der Waals surface area contributed by atoms with Crippen molar-refractivity contribution in [3.8, 4) is 0 Å². The maximum absolute atomic E-state index is 5.25. The molecule has 0 amide bonds. The van der Waals surface area contributed by atoms with E-state index in [2.05, 4.69) is 18.5 Å². The first-order valence-corrected chi connectivity index (χ1v) is 3.81. The van der Waals surface area contributed by atoms with Gasteiger partial charge < -0.3 is 4.74 Å². The van der Waals surface area contributed by atoms with Crippen molar-refractivity contribution in [1.82, 2.24) is 0 Å². The van der Waals surface area contributed by atoms with E-state index in [0.29, 0.717) is 12.5 Å². The summed E-state index contributed by atoms with van der Waals surface area (Å²) in [6, 6.07) is 0. The van der Waals surface area contributed by atoms with Gasteiger partial charge in [0, 0.05) is 6.21 Å². The molecule has 0 aromatic carbocycles. The molecule has 2 nitrogen and oxygen atoms in total. The molecule has 0 saturated heterocycles. The molecule has 1 rings (SSSR count). The van der Waals surface area contributed by atoms with E-state index < -0.39 is 0 Å². The molecule has 1 aliphatic rings. The Bertz CT molecular complexity index is 194. The van der Waals surface area contributed by atoms with Crippen LogP contribution in [0.25, 0.3) is 0 Å². The Labute approximate surface area is 67.3 Å². The Morgan fingerprint density at radius 3 is 3.36 bits per heavy atom. The van der Waals surface area contributed by atoms with E-state index >= 15 is 0 Å². The summed E-state index contributed by atoms with van der Waals surface area (Å²) in [5.74, 6) is 1.27. The van der Waals surface area contributed by atoms with Gasteiger partial charge in [0.2, 0.25) is 5.88 Å². The lowest BCUT2D eigenvalue weighted by atomic mass is 10.1. The van der Waals surface area contributed by atoms with Gasteiger partial charge in [-0.15, -0.1) is 0 Å². The van der Waals surface area contributed by atoms with Crippen LogP contribution in [0.4, 0.5) is 0 Å². The number of rotatable bonds is 3. The first-order valence-electron chi connectivity index (χ1n) is 3.81. The van der Waals surface area contributed by atoms with E-state index in [0.717, 1.165) is 12.3 Å². The average molecular weight is 151 g/mol. The highest BCUT2D eigenvalue weighted by Gasteiger charge is 2.04. The lowest BCUT2D eigenvalue weighted by molar-refractivity contribution is 0.241. The Hall–Kier alpha value is -1.05. The number of hydrogen-bond acceptors (Lipinski definition) is 2. The van der Waals surface area contributed by atoms with Crippen LogP contribution in [-0.2, 0) is 4.74 Å². The largest absolute Gasteiger partial charge is 0.474 e. The number of hydrogen-bond donors (Lipinski definition) is 0. The summed E-state index contributed by atoms with van der Waals surface area (Å²) in [4.78, 5) is 4.08. The fourth-order valence-electron chi connectivity index (χ4n) is 0.893. The van der Waals surface area contributed by atoms with Gasteiger partial charge in [0.25, 0.3) is 0 Å². The van der Waals surface area contributed by atoms with Crippen LogP contribution in [0.2, 0.25) is 0 Å². The van der Waals surface area contributed by atoms with Crippen LogP contribution in [0.5, 0.6) is 0 Å². The number of allylic oxidation sites excluding steroid dienone is 1. The van der Waals surface area contributed by atoms with Crippen LogP contribution in [-0.4, -0.2) is 12.8 Å². The normalized spacial score (nSPS) is 22.6. The van der Waals surface area contributed by atoms with Crippen molar-refractivity contribution in [2.75, 3.05) is 6.61 Å². The van der Waals surface area contributed by atoms with Crippen LogP contribution in [0.1, 0.15) is 13.3 Å². The smallest absolute Gasteiger partial charge is 0.209 e. The van der Waals surface area contributed by atoms with Crippen LogP contribution >= 0.6 is 0 Å². The summed E-state index contributed by atoms with van der Waals surface area (Å²) in [7, 11) is 0. The zero-order chi connectivity index (χ0) is 8.10. The molecule has 1 heterocycles. The van der Waals surface area contributed by atoms with Gasteiger partial charge in [0.1, 0.15) is 6.61 Å². The standard InChI is InChI=1S/C9H13NO/c1-3-6-11-9-7-8(2)4-5-10-9/h3,5,7-8H,1,4,6H2,2H3. The molecule has 2 heteroatoms. The molecule has 1 unspecified atom stereocenters. The third-order valence-electron chi connectivity index (χ3n) is 1.47. The van der Waals surface area contributed by atoms with E-state index in [-0.39, 0.29) is 0 Å². The van der Waals surface area contributed by atoms with Crippen LogP contribution in [0, 0.1) is 5.92 Å². The maximum atomic E-state index is 5.25. The van der Waals surface area contributed by atoms with Gasteiger partial charge in [0.05, 0.1) is 0 Å². The van der Waals surface area contributed by atoms with E-state index in [9.17, 15) is 0 Å². The molecule has 1 atom stereocenters. The van der Waals surface area contributed by atoms with Crippen LogP contribution in [0.15, 0.2) is 29.6 Å². The van der Waals surface area contributed by atoms with Crippen molar-refractivity contribution in [1.29, 1.82) is 0 Å². The summed E-state index contributed by atoms with van der Waals surface area (Å²) in [5, 5.41) is 0. The summed E-state index contributed by atoms with van der Waals surface area (Å²) in [6.07, 6.45) is 6.66. The number of aliphatic imine (C=N–C) groups is 1. The highest BCUT2D eigenvalue weighted by Crippen LogP contribution is 2.13. The van der Waals surface area contributed by atoms with E-state index in [1.54, 1.807) is 6.08 Å². The maximum Gasteiger partial charge on any atom is 0.209 e. The average Bonchev–Trinajstić information content (AvgIpc) is 2.01. The summed E-state index contributed by atoms with van der Waals surface area (Å²) in [6.45, 7) is 6.24. The Morgan fingerprint density at radius 2 is 2.73 bits per heavy atom. The van der Waals surface area contributed by atoms with E-state index in [4.69, 9.17) is 4.74 Å². The minimum Gasteiger partial charge on any atom is -0.474 e. The lowest BCUT2D eigenvalue weighted by Gasteiger charge is -2.10. The van der Waals surface area contributed by atoms with Gasteiger partial charge >= 0.3 is 0 Å². The fraction of sp³-hybridized carbons (Fsp3) is 0.444. The monoisotopic (exact) mass is 151 g/mol. The third-order valence-corrected chi connectivity index (χ3v) is 1.47. The summed E-state index contributed by atoms with van der Waals surface area (Å²) >= 11 is 0.